The summed E-state index contributed by atoms with van der Waals surface area (Å²) >= 11 is 7.39. The number of thiophene rings is 1. The van der Waals surface area contributed by atoms with Crippen molar-refractivity contribution in [2.24, 2.45) is 0 Å². The molecule has 0 N–H and O–H groups in total. The number of ether oxygens (including phenoxy) is 1. The molecule has 0 fully saturated rings. The Morgan fingerprint density at radius 3 is 2.95 bits per heavy atom. The summed E-state index contributed by atoms with van der Waals surface area (Å²) in [5.74, 6) is 0.388. The first-order chi connectivity index (χ1) is 9.20. The second-order valence-electron chi connectivity index (χ2n) is 3.85. The summed E-state index contributed by atoms with van der Waals surface area (Å²) in [6.45, 7) is 0. The van der Waals surface area contributed by atoms with Crippen molar-refractivity contribution in [3.8, 4) is 10.7 Å². The normalized spacial score (nSPS) is 10.8. The Morgan fingerprint density at radius 1 is 1.42 bits per heavy atom. The van der Waals surface area contributed by atoms with E-state index in [4.69, 9.17) is 16.3 Å². The molecule has 3 aromatic rings. The van der Waals surface area contributed by atoms with Crippen LogP contribution in [0.1, 0.15) is 10.4 Å². The maximum Gasteiger partial charge on any atom is 0.340 e. The fourth-order valence-electron chi connectivity index (χ4n) is 1.92. The second-order valence-corrected chi connectivity index (χ2v) is 5.57. The quantitative estimate of drug-likeness (QED) is 0.679. The highest BCUT2D eigenvalue weighted by Crippen LogP contribution is 2.31. The first-order valence-corrected chi connectivity index (χ1v) is 6.70. The number of esters is 1. The number of imidazole rings is 1. The lowest BCUT2D eigenvalue weighted by molar-refractivity contribution is 0.0602. The summed E-state index contributed by atoms with van der Waals surface area (Å²) in [4.78, 5) is 17.0. The SMILES string of the molecule is COC(=O)c1cccn2c(-c3ccc(Cl)s3)ncc12. The predicted molar refractivity (Wildman–Crippen MR) is 74.9 cm³/mol. The molecule has 96 valence electrons. The van der Waals surface area contributed by atoms with Crippen molar-refractivity contribution in [1.29, 1.82) is 0 Å². The number of methoxy groups -OCH3 is 1. The van der Waals surface area contributed by atoms with Gasteiger partial charge in [0, 0.05) is 6.20 Å². The Labute approximate surface area is 118 Å². The van der Waals surface area contributed by atoms with E-state index >= 15 is 0 Å². The van der Waals surface area contributed by atoms with E-state index < -0.39 is 0 Å². The summed E-state index contributed by atoms with van der Waals surface area (Å²) < 4.78 is 7.32. The van der Waals surface area contributed by atoms with Crippen LogP contribution in [0.15, 0.2) is 36.7 Å². The fourth-order valence-corrected chi connectivity index (χ4v) is 2.96. The Morgan fingerprint density at radius 2 is 2.26 bits per heavy atom. The molecule has 0 unspecified atom stereocenters. The van der Waals surface area contributed by atoms with Gasteiger partial charge in [-0.15, -0.1) is 11.3 Å². The largest absolute Gasteiger partial charge is 0.465 e. The maximum atomic E-state index is 11.7. The van der Waals surface area contributed by atoms with Crippen LogP contribution in [0.3, 0.4) is 0 Å². The topological polar surface area (TPSA) is 43.6 Å². The minimum absolute atomic E-state index is 0.374. The number of fused-ring (bicyclic) bond motifs is 1. The molecule has 4 nitrogen and oxygen atoms in total. The van der Waals surface area contributed by atoms with Crippen molar-refractivity contribution in [3.63, 3.8) is 0 Å². The number of carbonyl (C=O) groups excluding carboxylic acids is 1. The molecule has 0 amide bonds. The van der Waals surface area contributed by atoms with Gasteiger partial charge in [0.1, 0.15) is 0 Å². The van der Waals surface area contributed by atoms with Gasteiger partial charge in [0.2, 0.25) is 0 Å². The minimum atomic E-state index is -0.374. The number of halogens is 1. The number of hydrogen-bond donors (Lipinski definition) is 0. The van der Waals surface area contributed by atoms with Crippen LogP contribution < -0.4 is 0 Å². The Balaban J connectivity index is 2.22. The third kappa shape index (κ3) is 2.01. The number of nitrogens with zero attached hydrogens (tertiary/aromatic N) is 2. The monoisotopic (exact) mass is 292 g/mol. The zero-order chi connectivity index (χ0) is 13.4. The minimum Gasteiger partial charge on any atom is -0.465 e. The zero-order valence-electron chi connectivity index (χ0n) is 9.96. The van der Waals surface area contributed by atoms with E-state index in [1.54, 1.807) is 18.3 Å². The van der Waals surface area contributed by atoms with Gasteiger partial charge in [-0.05, 0) is 24.3 Å². The molecule has 0 aliphatic heterocycles. The molecule has 0 aliphatic carbocycles. The van der Waals surface area contributed by atoms with E-state index in [1.165, 1.54) is 18.4 Å². The molecule has 0 saturated heterocycles. The van der Waals surface area contributed by atoms with Crippen molar-refractivity contribution in [1.82, 2.24) is 9.38 Å². The maximum absolute atomic E-state index is 11.7. The highest BCUT2D eigenvalue weighted by Gasteiger charge is 2.15. The van der Waals surface area contributed by atoms with Crippen LogP contribution in [0.5, 0.6) is 0 Å². The summed E-state index contributed by atoms with van der Waals surface area (Å²) in [5, 5.41) is 0. The summed E-state index contributed by atoms with van der Waals surface area (Å²) in [6.07, 6.45) is 3.52. The predicted octanol–water partition coefficient (Wildman–Crippen LogP) is 3.50. The first kappa shape index (κ1) is 12.2. The highest BCUT2D eigenvalue weighted by atomic mass is 35.5. The average Bonchev–Trinajstić information content (AvgIpc) is 3.03. The van der Waals surface area contributed by atoms with E-state index in [1.807, 2.05) is 22.7 Å². The van der Waals surface area contributed by atoms with Crippen LogP contribution in [0.25, 0.3) is 16.2 Å². The number of pyridine rings is 1. The molecule has 3 heterocycles. The van der Waals surface area contributed by atoms with Gasteiger partial charge in [0.15, 0.2) is 5.82 Å². The van der Waals surface area contributed by atoms with E-state index in [0.29, 0.717) is 15.4 Å². The average molecular weight is 293 g/mol. The van der Waals surface area contributed by atoms with E-state index in [9.17, 15) is 4.79 Å². The Kier molecular flexibility index (Phi) is 3.00. The van der Waals surface area contributed by atoms with Crippen LogP contribution >= 0.6 is 22.9 Å². The van der Waals surface area contributed by atoms with Crippen molar-refractivity contribution >= 4 is 34.4 Å². The smallest absolute Gasteiger partial charge is 0.340 e. The molecule has 0 spiro atoms. The zero-order valence-corrected chi connectivity index (χ0v) is 11.5. The van der Waals surface area contributed by atoms with Crippen molar-refractivity contribution in [2.45, 2.75) is 0 Å². The summed E-state index contributed by atoms with van der Waals surface area (Å²) in [6, 6.07) is 7.24. The lowest BCUT2D eigenvalue weighted by Gasteiger charge is -2.03. The van der Waals surface area contributed by atoms with Crippen LogP contribution in [0, 0.1) is 0 Å². The molecule has 0 atom stereocenters. The van der Waals surface area contributed by atoms with Crippen molar-refractivity contribution < 1.29 is 9.53 Å². The molecule has 3 rings (SSSR count). The summed E-state index contributed by atoms with van der Waals surface area (Å²) in [5.41, 5.74) is 1.21. The van der Waals surface area contributed by atoms with Gasteiger partial charge in [0.05, 0.1) is 33.6 Å². The molecular formula is C13H9ClN2O2S. The van der Waals surface area contributed by atoms with Gasteiger partial charge < -0.3 is 4.74 Å². The molecule has 0 aliphatic rings. The standard InChI is InChI=1S/C13H9ClN2O2S/c1-18-13(17)8-3-2-6-16-9(8)7-15-12(16)10-4-5-11(14)19-10/h2-7H,1H3. The van der Waals surface area contributed by atoms with Crippen LogP contribution in [-0.2, 0) is 4.74 Å². The van der Waals surface area contributed by atoms with E-state index in [2.05, 4.69) is 4.98 Å². The molecule has 19 heavy (non-hydrogen) atoms. The number of hydrogen-bond acceptors (Lipinski definition) is 4. The first-order valence-electron chi connectivity index (χ1n) is 5.51. The van der Waals surface area contributed by atoms with Gasteiger partial charge in [-0.25, -0.2) is 9.78 Å². The number of carbonyl (C=O) groups is 1. The van der Waals surface area contributed by atoms with Crippen molar-refractivity contribution in [3.05, 3.63) is 46.6 Å². The van der Waals surface area contributed by atoms with E-state index in [0.717, 1.165) is 10.7 Å². The van der Waals surface area contributed by atoms with Gasteiger partial charge >= 0.3 is 5.97 Å². The van der Waals surface area contributed by atoms with Crippen LogP contribution in [-0.4, -0.2) is 22.5 Å². The molecule has 0 aromatic carbocycles. The molecule has 0 bridgehead atoms. The van der Waals surface area contributed by atoms with Crippen LogP contribution in [0.4, 0.5) is 0 Å². The van der Waals surface area contributed by atoms with Crippen LogP contribution in [0.2, 0.25) is 4.34 Å². The number of aromatic nitrogens is 2. The molecular weight excluding hydrogens is 284 g/mol. The fraction of sp³-hybridized carbons (Fsp3) is 0.0769. The summed E-state index contributed by atoms with van der Waals surface area (Å²) in [7, 11) is 1.36. The van der Waals surface area contributed by atoms with Crippen molar-refractivity contribution in [2.75, 3.05) is 7.11 Å². The Bertz CT molecular complexity index is 763. The van der Waals surface area contributed by atoms with Gasteiger partial charge in [0.25, 0.3) is 0 Å². The number of rotatable bonds is 2. The van der Waals surface area contributed by atoms with Gasteiger partial charge in [-0.3, -0.25) is 4.40 Å². The van der Waals surface area contributed by atoms with Gasteiger partial charge in [-0.2, -0.15) is 0 Å². The lowest BCUT2D eigenvalue weighted by atomic mass is 10.2. The Hall–Kier alpha value is -1.85. The highest BCUT2D eigenvalue weighted by molar-refractivity contribution is 7.19. The van der Waals surface area contributed by atoms with E-state index in [-0.39, 0.29) is 5.97 Å². The third-order valence-electron chi connectivity index (χ3n) is 2.77. The van der Waals surface area contributed by atoms with Gasteiger partial charge in [-0.1, -0.05) is 11.6 Å². The molecule has 0 radical (unpaired) electrons. The molecule has 0 saturated carbocycles. The second kappa shape index (κ2) is 4.68. The lowest BCUT2D eigenvalue weighted by Crippen LogP contribution is -2.03. The molecule has 6 heteroatoms. The molecule has 3 aromatic heterocycles. The third-order valence-corrected chi connectivity index (χ3v) is 4.00.